The average Bonchev–Trinajstić information content (AvgIpc) is 3.19. The van der Waals surface area contributed by atoms with Gasteiger partial charge in [0.15, 0.2) is 5.76 Å². The molecule has 1 aromatic rings. The first kappa shape index (κ1) is 21.9. The van der Waals surface area contributed by atoms with Crippen molar-refractivity contribution in [3.05, 3.63) is 17.9 Å². The topological polar surface area (TPSA) is 88.9 Å². The molecule has 2 heterocycles. The van der Waals surface area contributed by atoms with Gasteiger partial charge in [0, 0.05) is 26.7 Å². The Kier molecular flexibility index (Phi) is 8.31. The monoisotopic (exact) mass is 400 g/mol. The number of piperidine rings is 1. The van der Waals surface area contributed by atoms with Crippen LogP contribution in [0, 0.1) is 5.92 Å². The number of hydrogen-bond donors (Lipinski definition) is 1. The normalized spacial score (nSPS) is 17.2. The summed E-state index contributed by atoms with van der Waals surface area (Å²) >= 11 is 0. The van der Waals surface area contributed by atoms with E-state index >= 15 is 0 Å². The van der Waals surface area contributed by atoms with Crippen LogP contribution in [0.25, 0.3) is 0 Å². The van der Waals surface area contributed by atoms with E-state index in [1.165, 1.54) is 16.4 Å². The Balaban J connectivity index is 1.92. The van der Waals surface area contributed by atoms with E-state index in [-0.39, 0.29) is 17.0 Å². The fourth-order valence-electron chi connectivity index (χ4n) is 3.59. The molecule has 1 aliphatic rings. The summed E-state index contributed by atoms with van der Waals surface area (Å²) in [5, 5.41) is 2.62. The van der Waals surface area contributed by atoms with Gasteiger partial charge in [0.1, 0.15) is 0 Å². The first-order valence-electron chi connectivity index (χ1n) is 9.85. The number of nitrogens with zero attached hydrogens (tertiary/aromatic N) is 1. The van der Waals surface area contributed by atoms with E-state index in [4.69, 9.17) is 9.15 Å². The molecule has 1 aromatic heterocycles. The van der Waals surface area contributed by atoms with Crippen LogP contribution in [0.1, 0.15) is 62.9 Å². The number of rotatable bonds is 10. The molecule has 27 heavy (non-hydrogen) atoms. The maximum atomic E-state index is 12.6. The zero-order chi connectivity index (χ0) is 19.9. The Morgan fingerprint density at radius 3 is 2.48 bits per heavy atom. The van der Waals surface area contributed by atoms with Crippen LogP contribution < -0.4 is 5.32 Å². The Morgan fingerprint density at radius 1 is 1.22 bits per heavy atom. The van der Waals surface area contributed by atoms with Crippen molar-refractivity contribution in [3.8, 4) is 0 Å². The molecule has 1 N–H and O–H groups in total. The van der Waals surface area contributed by atoms with Crippen LogP contribution in [0.3, 0.4) is 0 Å². The van der Waals surface area contributed by atoms with Gasteiger partial charge in [0.2, 0.25) is 5.09 Å². The number of nitrogens with one attached hydrogen (secondary N) is 1. The molecular weight excluding hydrogens is 368 g/mol. The van der Waals surface area contributed by atoms with Gasteiger partial charge in [0.05, 0.1) is 6.10 Å². The van der Waals surface area contributed by atoms with E-state index in [9.17, 15) is 13.2 Å². The summed E-state index contributed by atoms with van der Waals surface area (Å²) in [7, 11) is -1.97. The molecule has 1 saturated heterocycles. The maximum absolute atomic E-state index is 12.6. The summed E-state index contributed by atoms with van der Waals surface area (Å²) in [5.41, 5.74) is 0. The van der Waals surface area contributed by atoms with Crippen LogP contribution in [0.15, 0.2) is 21.6 Å². The number of ether oxygens (including phenoxy) is 1. The van der Waals surface area contributed by atoms with E-state index in [1.54, 1.807) is 7.11 Å². The van der Waals surface area contributed by atoms with Gasteiger partial charge in [-0.3, -0.25) is 4.79 Å². The molecule has 154 valence electrons. The molecule has 7 nitrogen and oxygen atoms in total. The predicted octanol–water partition coefficient (Wildman–Crippen LogP) is 3.03. The van der Waals surface area contributed by atoms with Gasteiger partial charge in [-0.15, -0.1) is 0 Å². The molecule has 1 aliphatic heterocycles. The van der Waals surface area contributed by atoms with Crippen LogP contribution in [-0.2, 0) is 14.8 Å². The number of carbonyl (C=O) groups is 1. The van der Waals surface area contributed by atoms with Crippen molar-refractivity contribution in [2.24, 2.45) is 5.92 Å². The standard InChI is InChI=1S/C19H32N2O5S/c1-4-15(5-2)16(25-3)11-12-20-19(22)17-9-10-18(26-17)27(23,24)21-13-7-6-8-14-21/h9-10,15-16H,4-8,11-14H2,1-3H3,(H,20,22). The van der Waals surface area contributed by atoms with Crippen LogP contribution in [0.4, 0.5) is 0 Å². The minimum absolute atomic E-state index is 0.0158. The molecule has 1 amide bonds. The SMILES string of the molecule is CCC(CC)C(CCNC(=O)c1ccc(S(=O)(=O)N2CCCCC2)o1)OC. The van der Waals surface area contributed by atoms with Crippen molar-refractivity contribution < 1.29 is 22.4 Å². The Labute approximate surface area is 162 Å². The molecule has 0 aromatic carbocycles. The third kappa shape index (κ3) is 5.56. The predicted molar refractivity (Wildman–Crippen MR) is 103 cm³/mol. The summed E-state index contributed by atoms with van der Waals surface area (Å²) in [6.07, 6.45) is 5.59. The lowest BCUT2D eigenvalue weighted by atomic mass is 9.94. The smallest absolute Gasteiger partial charge is 0.287 e. The van der Waals surface area contributed by atoms with Gasteiger partial charge in [0.25, 0.3) is 15.9 Å². The quantitative estimate of drug-likeness (QED) is 0.652. The largest absolute Gasteiger partial charge is 0.438 e. The second kappa shape index (κ2) is 10.2. The molecule has 0 spiro atoms. The van der Waals surface area contributed by atoms with Gasteiger partial charge < -0.3 is 14.5 Å². The lowest BCUT2D eigenvalue weighted by Crippen LogP contribution is -2.35. The Morgan fingerprint density at radius 2 is 1.89 bits per heavy atom. The minimum atomic E-state index is -3.66. The van der Waals surface area contributed by atoms with Gasteiger partial charge in [-0.05, 0) is 37.3 Å². The fourth-order valence-corrected chi connectivity index (χ4v) is 5.02. The highest BCUT2D eigenvalue weighted by Crippen LogP contribution is 2.22. The molecule has 0 radical (unpaired) electrons. The van der Waals surface area contributed by atoms with E-state index in [2.05, 4.69) is 19.2 Å². The molecule has 8 heteroatoms. The summed E-state index contributed by atoms with van der Waals surface area (Å²) in [6, 6.07) is 2.78. The maximum Gasteiger partial charge on any atom is 0.287 e. The van der Waals surface area contributed by atoms with Crippen molar-refractivity contribution in [3.63, 3.8) is 0 Å². The van der Waals surface area contributed by atoms with Crippen molar-refractivity contribution in [2.45, 2.75) is 63.6 Å². The number of amides is 1. The lowest BCUT2D eigenvalue weighted by Gasteiger charge is -2.24. The lowest BCUT2D eigenvalue weighted by molar-refractivity contribution is 0.0419. The highest BCUT2D eigenvalue weighted by atomic mass is 32.2. The first-order valence-corrected chi connectivity index (χ1v) is 11.3. The number of methoxy groups -OCH3 is 1. The van der Waals surface area contributed by atoms with Crippen molar-refractivity contribution in [1.82, 2.24) is 9.62 Å². The van der Waals surface area contributed by atoms with E-state index in [0.717, 1.165) is 32.1 Å². The molecular formula is C19H32N2O5S. The summed E-state index contributed by atoms with van der Waals surface area (Å²) in [5.74, 6) is 0.0633. The van der Waals surface area contributed by atoms with Crippen LogP contribution in [-0.4, -0.2) is 51.5 Å². The van der Waals surface area contributed by atoms with Crippen molar-refractivity contribution >= 4 is 15.9 Å². The van der Waals surface area contributed by atoms with Gasteiger partial charge in [-0.1, -0.05) is 33.1 Å². The highest BCUT2D eigenvalue weighted by molar-refractivity contribution is 7.89. The molecule has 0 bridgehead atoms. The highest BCUT2D eigenvalue weighted by Gasteiger charge is 2.29. The van der Waals surface area contributed by atoms with Gasteiger partial charge in [-0.2, -0.15) is 4.31 Å². The van der Waals surface area contributed by atoms with Crippen LogP contribution >= 0.6 is 0 Å². The van der Waals surface area contributed by atoms with Crippen molar-refractivity contribution in [2.75, 3.05) is 26.7 Å². The number of hydrogen-bond acceptors (Lipinski definition) is 5. The molecule has 0 saturated carbocycles. The summed E-state index contributed by atoms with van der Waals surface area (Å²) < 4.78 is 37.5. The molecule has 1 atom stereocenters. The molecule has 0 aliphatic carbocycles. The second-order valence-corrected chi connectivity index (χ2v) is 8.85. The molecule has 1 fully saturated rings. The van der Waals surface area contributed by atoms with Gasteiger partial charge in [-0.25, -0.2) is 8.42 Å². The number of furan rings is 1. The number of carbonyl (C=O) groups excluding carboxylic acids is 1. The Hall–Kier alpha value is -1.38. The summed E-state index contributed by atoms with van der Waals surface area (Å²) in [6.45, 7) is 5.71. The number of sulfonamides is 1. The van der Waals surface area contributed by atoms with Gasteiger partial charge >= 0.3 is 0 Å². The summed E-state index contributed by atoms with van der Waals surface area (Å²) in [4.78, 5) is 12.3. The zero-order valence-electron chi connectivity index (χ0n) is 16.6. The van der Waals surface area contributed by atoms with E-state index in [1.807, 2.05) is 0 Å². The molecule has 2 rings (SSSR count). The van der Waals surface area contributed by atoms with Crippen molar-refractivity contribution in [1.29, 1.82) is 0 Å². The third-order valence-electron chi connectivity index (χ3n) is 5.31. The first-order chi connectivity index (χ1) is 12.9. The van der Waals surface area contributed by atoms with E-state index in [0.29, 0.717) is 32.0 Å². The second-order valence-electron chi connectivity index (χ2n) is 6.98. The Bertz CT molecular complexity index is 691. The van der Waals surface area contributed by atoms with Crippen LogP contribution in [0.5, 0.6) is 0 Å². The average molecular weight is 401 g/mol. The third-order valence-corrected chi connectivity index (χ3v) is 7.08. The van der Waals surface area contributed by atoms with E-state index < -0.39 is 15.9 Å². The minimum Gasteiger partial charge on any atom is -0.438 e. The van der Waals surface area contributed by atoms with Crippen LogP contribution in [0.2, 0.25) is 0 Å². The fraction of sp³-hybridized carbons (Fsp3) is 0.737. The molecule has 1 unspecified atom stereocenters. The zero-order valence-corrected chi connectivity index (χ0v) is 17.4.